The lowest BCUT2D eigenvalue weighted by molar-refractivity contribution is -0.118. The van der Waals surface area contributed by atoms with Crippen molar-refractivity contribution in [2.24, 2.45) is 11.8 Å². The van der Waals surface area contributed by atoms with E-state index in [9.17, 15) is 9.59 Å². The molecule has 0 aromatic carbocycles. The minimum atomic E-state index is -0.476. The molecule has 1 saturated carbocycles. The number of ketones is 1. The highest BCUT2D eigenvalue weighted by molar-refractivity contribution is 5.96. The third-order valence-corrected chi connectivity index (χ3v) is 3.93. The van der Waals surface area contributed by atoms with Crippen LogP contribution in [0.5, 0.6) is 0 Å². The van der Waals surface area contributed by atoms with Crippen molar-refractivity contribution in [1.29, 1.82) is 0 Å². The normalized spacial score (nSPS) is 27.8. The van der Waals surface area contributed by atoms with Gasteiger partial charge in [0.05, 0.1) is 0 Å². The second kappa shape index (κ2) is 5.70. The fraction of sp³-hybridized carbons (Fsp3) is 0.750. The van der Waals surface area contributed by atoms with Gasteiger partial charge in [0.2, 0.25) is 0 Å². The molecule has 2 aliphatic rings. The number of rotatable bonds is 1. The van der Waals surface area contributed by atoms with Crippen LogP contribution >= 0.6 is 0 Å². The first-order chi connectivity index (χ1) is 9.65. The van der Waals surface area contributed by atoms with Crippen molar-refractivity contribution < 1.29 is 14.3 Å². The van der Waals surface area contributed by atoms with Crippen molar-refractivity contribution in [2.75, 3.05) is 27.2 Å². The van der Waals surface area contributed by atoms with E-state index in [1.807, 2.05) is 46.0 Å². The number of hydrogen-bond donors (Lipinski definition) is 0. The fourth-order valence-corrected chi connectivity index (χ4v) is 3.08. The Labute approximate surface area is 126 Å². The number of fused-ring (bicyclic) bond motifs is 1. The van der Waals surface area contributed by atoms with Gasteiger partial charge in [-0.2, -0.15) is 0 Å². The number of carbonyl (C=O) groups is 2. The summed E-state index contributed by atoms with van der Waals surface area (Å²) in [6.07, 6.45) is 2.96. The Bertz CT molecular complexity index is 463. The smallest absolute Gasteiger partial charge is 0.410 e. The summed E-state index contributed by atoms with van der Waals surface area (Å²) in [4.78, 5) is 28.0. The average molecular weight is 294 g/mol. The van der Waals surface area contributed by atoms with Gasteiger partial charge in [-0.1, -0.05) is 0 Å². The molecule has 0 aromatic heterocycles. The highest BCUT2D eigenvalue weighted by Gasteiger charge is 2.41. The second-order valence-electron chi connectivity index (χ2n) is 7.35. The molecule has 2 rings (SSSR count). The monoisotopic (exact) mass is 294 g/mol. The van der Waals surface area contributed by atoms with Crippen molar-refractivity contribution >= 4 is 11.9 Å². The van der Waals surface area contributed by atoms with E-state index < -0.39 is 5.60 Å². The van der Waals surface area contributed by atoms with Gasteiger partial charge in [-0.15, -0.1) is 0 Å². The summed E-state index contributed by atoms with van der Waals surface area (Å²) in [6.45, 7) is 6.94. The molecule has 0 spiro atoms. The predicted molar refractivity (Wildman–Crippen MR) is 80.8 cm³/mol. The Kier molecular flexibility index (Phi) is 4.30. The van der Waals surface area contributed by atoms with E-state index in [4.69, 9.17) is 4.74 Å². The number of allylic oxidation sites excluding steroid dienone is 1. The van der Waals surface area contributed by atoms with Crippen molar-refractivity contribution in [3.8, 4) is 0 Å². The van der Waals surface area contributed by atoms with Crippen LogP contribution in [0.15, 0.2) is 11.8 Å². The molecule has 1 saturated heterocycles. The van der Waals surface area contributed by atoms with Gasteiger partial charge in [0.15, 0.2) is 5.78 Å². The first kappa shape index (κ1) is 15.9. The van der Waals surface area contributed by atoms with Gasteiger partial charge in [0.25, 0.3) is 0 Å². The van der Waals surface area contributed by atoms with Gasteiger partial charge >= 0.3 is 6.09 Å². The van der Waals surface area contributed by atoms with Crippen molar-refractivity contribution in [3.63, 3.8) is 0 Å². The summed E-state index contributed by atoms with van der Waals surface area (Å²) in [5.74, 6) is 0.877. The number of nitrogens with zero attached hydrogens (tertiary/aromatic N) is 2. The van der Waals surface area contributed by atoms with Gasteiger partial charge in [-0.25, -0.2) is 4.79 Å². The van der Waals surface area contributed by atoms with E-state index in [0.29, 0.717) is 25.4 Å². The van der Waals surface area contributed by atoms with Crippen LogP contribution < -0.4 is 0 Å². The first-order valence-electron chi connectivity index (χ1n) is 7.54. The number of carbonyl (C=O) groups excluding carboxylic acids is 2. The van der Waals surface area contributed by atoms with E-state index in [1.165, 1.54) is 0 Å². The van der Waals surface area contributed by atoms with Gasteiger partial charge in [0, 0.05) is 45.4 Å². The van der Waals surface area contributed by atoms with E-state index in [1.54, 1.807) is 4.90 Å². The van der Waals surface area contributed by atoms with Crippen LogP contribution in [-0.4, -0.2) is 54.5 Å². The highest BCUT2D eigenvalue weighted by Crippen LogP contribution is 2.37. The first-order valence-corrected chi connectivity index (χ1v) is 7.54. The maximum absolute atomic E-state index is 12.1. The van der Waals surface area contributed by atoms with Gasteiger partial charge in [-0.05, 0) is 39.0 Å². The van der Waals surface area contributed by atoms with Crippen LogP contribution in [0.2, 0.25) is 0 Å². The summed E-state index contributed by atoms with van der Waals surface area (Å²) in [7, 11) is 3.85. The Hall–Kier alpha value is -1.52. The Balaban J connectivity index is 2.01. The van der Waals surface area contributed by atoms with E-state index in [-0.39, 0.29) is 17.8 Å². The zero-order valence-electron chi connectivity index (χ0n) is 13.7. The molecule has 0 bridgehead atoms. The van der Waals surface area contributed by atoms with E-state index >= 15 is 0 Å². The molecule has 5 nitrogen and oxygen atoms in total. The highest BCUT2D eigenvalue weighted by atomic mass is 16.6. The van der Waals surface area contributed by atoms with E-state index in [2.05, 4.69) is 0 Å². The van der Waals surface area contributed by atoms with Crippen LogP contribution in [0.25, 0.3) is 0 Å². The molecule has 2 atom stereocenters. The van der Waals surface area contributed by atoms with Crippen LogP contribution in [0.3, 0.4) is 0 Å². The molecule has 2 unspecified atom stereocenters. The van der Waals surface area contributed by atoms with E-state index in [0.717, 1.165) is 12.0 Å². The van der Waals surface area contributed by atoms with Gasteiger partial charge in [0.1, 0.15) is 5.60 Å². The van der Waals surface area contributed by atoms with Gasteiger partial charge in [-0.3, -0.25) is 4.79 Å². The Morgan fingerprint density at radius 2 is 1.81 bits per heavy atom. The standard InChI is InChI=1S/C16H26N2O3/c1-16(2,3)21-15(20)18-9-11-6-13(8-17(4)5)14(19)7-12(11)10-18/h8,11-12H,6-7,9-10H2,1-5H3. The average Bonchev–Trinajstić information content (AvgIpc) is 2.69. The Morgan fingerprint density at radius 1 is 1.24 bits per heavy atom. The quantitative estimate of drug-likeness (QED) is 0.696. The molecular weight excluding hydrogens is 268 g/mol. The fourth-order valence-electron chi connectivity index (χ4n) is 3.08. The Morgan fingerprint density at radius 3 is 2.33 bits per heavy atom. The predicted octanol–water partition coefficient (Wildman–Crippen LogP) is 2.28. The molecular formula is C16H26N2O3. The summed E-state index contributed by atoms with van der Waals surface area (Å²) in [5, 5.41) is 0. The molecule has 1 heterocycles. The van der Waals surface area contributed by atoms with Gasteiger partial charge < -0.3 is 14.5 Å². The molecule has 2 fully saturated rings. The maximum atomic E-state index is 12.1. The lowest BCUT2D eigenvalue weighted by Crippen LogP contribution is -2.35. The van der Waals surface area contributed by atoms with Crippen LogP contribution in [-0.2, 0) is 9.53 Å². The third kappa shape index (κ3) is 3.99. The molecule has 0 aromatic rings. The molecule has 1 aliphatic heterocycles. The zero-order valence-corrected chi connectivity index (χ0v) is 13.7. The van der Waals surface area contributed by atoms with Crippen molar-refractivity contribution in [3.05, 3.63) is 11.8 Å². The minimum absolute atomic E-state index is 0.219. The van der Waals surface area contributed by atoms with Crippen molar-refractivity contribution in [1.82, 2.24) is 9.80 Å². The number of hydrogen-bond acceptors (Lipinski definition) is 4. The number of ether oxygens (including phenoxy) is 1. The summed E-state index contributed by atoms with van der Waals surface area (Å²) >= 11 is 0. The topological polar surface area (TPSA) is 49.9 Å². The summed E-state index contributed by atoms with van der Waals surface area (Å²) in [6, 6.07) is 0. The minimum Gasteiger partial charge on any atom is -0.444 e. The number of amides is 1. The second-order valence-corrected chi connectivity index (χ2v) is 7.35. The molecule has 118 valence electrons. The molecule has 0 radical (unpaired) electrons. The van der Waals surface area contributed by atoms with Crippen molar-refractivity contribution in [2.45, 2.75) is 39.2 Å². The van der Waals surface area contributed by atoms with Crippen LogP contribution in [0.4, 0.5) is 4.79 Å². The van der Waals surface area contributed by atoms with Crippen LogP contribution in [0.1, 0.15) is 33.6 Å². The molecule has 1 amide bonds. The third-order valence-electron chi connectivity index (χ3n) is 3.93. The molecule has 5 heteroatoms. The number of likely N-dealkylation sites (tertiary alicyclic amines) is 1. The largest absolute Gasteiger partial charge is 0.444 e. The SMILES string of the molecule is CN(C)C=C1CC2CN(C(=O)OC(C)(C)C)CC2CC1=O. The molecule has 1 aliphatic carbocycles. The zero-order chi connectivity index (χ0) is 15.8. The molecule has 21 heavy (non-hydrogen) atoms. The molecule has 0 N–H and O–H groups in total. The van der Waals surface area contributed by atoms with Crippen LogP contribution in [0, 0.1) is 11.8 Å². The maximum Gasteiger partial charge on any atom is 0.410 e. The summed E-state index contributed by atoms with van der Waals surface area (Å²) in [5.41, 5.74) is 0.406. The lowest BCUT2D eigenvalue weighted by Gasteiger charge is -2.25. The summed E-state index contributed by atoms with van der Waals surface area (Å²) < 4.78 is 5.43. The number of Topliss-reactive ketones (excluding diaryl/α,β-unsaturated/α-hetero) is 1. The lowest BCUT2D eigenvalue weighted by atomic mass is 9.78.